The number of likely N-dealkylation sites (N-methyl/N-ethyl adjacent to an activating group) is 1. The van der Waals surface area contributed by atoms with Gasteiger partial charge < -0.3 is 28.6 Å². The van der Waals surface area contributed by atoms with Crippen molar-refractivity contribution < 1.29 is 38.2 Å². The lowest BCUT2D eigenvalue weighted by molar-refractivity contribution is -0.889. The zero-order chi connectivity index (χ0) is 47.0. The average Bonchev–Trinajstić information content (AvgIpc) is 3.26. The van der Waals surface area contributed by atoms with E-state index in [1.165, 1.54) is 89.9 Å². The number of carboxylic acid groups (broad SMARTS) is 1. The fraction of sp³-hybridized carbons (Fsp3) is 0.696. The molecule has 0 radical (unpaired) electrons. The molecule has 0 aliphatic heterocycles. The Morgan fingerprint density at radius 2 is 0.891 bits per heavy atom. The molecule has 0 fully saturated rings. The highest BCUT2D eigenvalue weighted by molar-refractivity contribution is 5.70. The van der Waals surface area contributed by atoms with Gasteiger partial charge in [-0.1, -0.05) is 182 Å². The number of unbranched alkanes of at least 4 members (excludes halogenated alkanes) is 17. The van der Waals surface area contributed by atoms with Gasteiger partial charge in [0.2, 0.25) is 0 Å². The van der Waals surface area contributed by atoms with Crippen LogP contribution < -0.4 is 5.11 Å². The maximum absolute atomic E-state index is 12.8. The van der Waals surface area contributed by atoms with Crippen LogP contribution in [0, 0.1) is 0 Å². The molecule has 64 heavy (non-hydrogen) atoms. The molecule has 0 N–H and O–H groups in total. The van der Waals surface area contributed by atoms with Crippen LogP contribution in [0.1, 0.15) is 200 Å². The van der Waals surface area contributed by atoms with Gasteiger partial charge in [0.1, 0.15) is 12.6 Å². The minimum absolute atomic E-state index is 0.0194. The smallest absolute Gasteiger partial charge is 0.306 e. The Hall–Kier alpha value is -3.49. The molecule has 2 unspecified atom stereocenters. The van der Waals surface area contributed by atoms with Crippen LogP contribution in [0.15, 0.2) is 85.1 Å². The fourth-order valence-electron chi connectivity index (χ4n) is 7.08. The lowest BCUT2D eigenvalue weighted by Gasteiger charge is -2.34. The van der Waals surface area contributed by atoms with Crippen molar-refractivity contribution in [3.63, 3.8) is 0 Å². The Morgan fingerprint density at radius 3 is 1.34 bits per heavy atom. The normalized spacial score (nSPS) is 13.6. The number of hydrogen-bond acceptors (Lipinski definition) is 7. The molecule has 366 valence electrons. The summed E-state index contributed by atoms with van der Waals surface area (Å²) in [5, 5.41) is 11.7. The lowest BCUT2D eigenvalue weighted by Crippen LogP contribution is -2.55. The first-order valence-corrected chi connectivity index (χ1v) is 25.6. The van der Waals surface area contributed by atoms with Gasteiger partial charge >= 0.3 is 11.9 Å². The van der Waals surface area contributed by atoms with E-state index in [-0.39, 0.29) is 49.1 Å². The highest BCUT2D eigenvalue weighted by Gasteiger charge is 2.25. The van der Waals surface area contributed by atoms with Crippen LogP contribution in [-0.2, 0) is 28.6 Å². The van der Waals surface area contributed by atoms with Crippen LogP contribution in [0.3, 0.4) is 0 Å². The second kappa shape index (κ2) is 46.1. The summed E-state index contributed by atoms with van der Waals surface area (Å²) < 4.78 is 17.2. The summed E-state index contributed by atoms with van der Waals surface area (Å²) in [6, 6.07) is -0.738. The van der Waals surface area contributed by atoms with Crippen molar-refractivity contribution in [3.8, 4) is 0 Å². The Labute approximate surface area is 393 Å². The van der Waals surface area contributed by atoms with Gasteiger partial charge in [-0.2, -0.15) is 0 Å². The molecular weight excluding hydrogens is 799 g/mol. The van der Waals surface area contributed by atoms with Gasteiger partial charge in [0.25, 0.3) is 0 Å². The van der Waals surface area contributed by atoms with Crippen LogP contribution in [0.25, 0.3) is 0 Å². The molecule has 0 amide bonds. The number of carbonyl (C=O) groups excluding carboxylic acids is 3. The molecule has 8 nitrogen and oxygen atoms in total. The first-order valence-electron chi connectivity index (χ1n) is 25.6. The Bertz CT molecular complexity index is 1320. The Morgan fingerprint density at radius 1 is 0.484 bits per heavy atom. The van der Waals surface area contributed by atoms with Crippen molar-refractivity contribution in [1.29, 1.82) is 0 Å². The molecule has 2 atom stereocenters. The first-order chi connectivity index (χ1) is 31.1. The van der Waals surface area contributed by atoms with E-state index < -0.39 is 18.1 Å². The molecular formula is C56H95NO7. The van der Waals surface area contributed by atoms with E-state index in [2.05, 4.69) is 98.9 Å². The summed E-state index contributed by atoms with van der Waals surface area (Å²) in [4.78, 5) is 37.0. The maximum Gasteiger partial charge on any atom is 0.306 e. The molecule has 0 aromatic carbocycles. The summed E-state index contributed by atoms with van der Waals surface area (Å²) >= 11 is 0. The SMILES string of the molecule is CC/C=C/C/C=C/C/C=C/C/C=C/CCCCCCCCCCCCC(=O)OC(COCCC(C(=O)[O-])[N+](C)(C)C)COC(=O)CCC/C=C/C/C=C/C/C=C/CCCCCCCC. The Kier molecular flexibility index (Phi) is 43.5. The third kappa shape index (κ3) is 43.7. The second-order valence-electron chi connectivity index (χ2n) is 18.0. The van der Waals surface area contributed by atoms with Crippen molar-refractivity contribution >= 4 is 17.9 Å². The van der Waals surface area contributed by atoms with Gasteiger partial charge in [-0.3, -0.25) is 9.59 Å². The van der Waals surface area contributed by atoms with Crippen LogP contribution in [-0.4, -0.2) is 75.5 Å². The van der Waals surface area contributed by atoms with Crippen LogP contribution in [0.2, 0.25) is 0 Å². The molecule has 0 aliphatic carbocycles. The standard InChI is InChI=1S/C56H95NO7/c1-6-8-10-12-14-16-18-20-22-24-25-26-27-28-29-31-33-35-37-39-41-43-45-47-55(59)64-52(50-62-49-48-53(56(60)61)57(3,4)5)51-63-54(58)46-44-42-40-38-36-34-32-30-23-21-19-17-15-13-11-9-7-2/h8,10,14,16,20-23,25-26,32,34,38,40,52-53H,6-7,9,11-13,15,17-19,24,27-31,33,35-37,39,41-51H2,1-5H3/b10-8+,16-14+,22-20+,23-21+,26-25+,34-32+,40-38+. The lowest BCUT2D eigenvalue weighted by atomic mass is 10.0. The molecule has 0 aromatic heterocycles. The van der Waals surface area contributed by atoms with Crippen LogP contribution in [0.5, 0.6) is 0 Å². The predicted molar refractivity (Wildman–Crippen MR) is 268 cm³/mol. The van der Waals surface area contributed by atoms with Gasteiger partial charge in [-0.05, 0) is 83.5 Å². The number of carboxylic acids is 1. The zero-order valence-corrected chi connectivity index (χ0v) is 41.7. The highest BCUT2D eigenvalue weighted by Crippen LogP contribution is 2.14. The summed E-state index contributed by atoms with van der Waals surface area (Å²) in [7, 11) is 5.39. The minimum atomic E-state index is -1.13. The second-order valence-corrected chi connectivity index (χ2v) is 18.0. The number of aliphatic carboxylic acids is 1. The molecule has 0 saturated heterocycles. The monoisotopic (exact) mass is 894 g/mol. The van der Waals surface area contributed by atoms with Crippen LogP contribution >= 0.6 is 0 Å². The van der Waals surface area contributed by atoms with E-state index in [1.54, 1.807) is 21.1 Å². The number of nitrogens with zero attached hydrogens (tertiary/aromatic N) is 1. The fourth-order valence-corrected chi connectivity index (χ4v) is 7.08. The summed E-state index contributed by atoms with van der Waals surface area (Å²) in [5.41, 5.74) is 0. The van der Waals surface area contributed by atoms with E-state index in [4.69, 9.17) is 14.2 Å². The van der Waals surface area contributed by atoms with Gasteiger partial charge in [0.05, 0.1) is 40.3 Å². The van der Waals surface area contributed by atoms with E-state index in [0.717, 1.165) is 70.6 Å². The number of carbonyl (C=O) groups is 3. The van der Waals surface area contributed by atoms with Gasteiger partial charge in [-0.25, -0.2) is 0 Å². The average molecular weight is 894 g/mol. The number of rotatable bonds is 45. The summed E-state index contributed by atoms with van der Waals surface area (Å²) in [5.74, 6) is -1.81. The van der Waals surface area contributed by atoms with Gasteiger partial charge in [0, 0.05) is 19.3 Å². The molecule has 0 saturated carbocycles. The van der Waals surface area contributed by atoms with Gasteiger partial charge in [0.15, 0.2) is 6.10 Å². The molecule has 0 heterocycles. The van der Waals surface area contributed by atoms with E-state index in [0.29, 0.717) is 12.8 Å². The Balaban J connectivity index is 4.32. The maximum atomic E-state index is 12.8. The van der Waals surface area contributed by atoms with Crippen molar-refractivity contribution in [2.75, 3.05) is 41.0 Å². The van der Waals surface area contributed by atoms with E-state index >= 15 is 0 Å². The highest BCUT2D eigenvalue weighted by atomic mass is 16.6. The molecule has 0 rings (SSSR count). The summed E-state index contributed by atoms with van der Waals surface area (Å²) in [6.07, 6.45) is 60.5. The first kappa shape index (κ1) is 60.5. The van der Waals surface area contributed by atoms with Gasteiger partial charge in [-0.15, -0.1) is 0 Å². The largest absolute Gasteiger partial charge is 0.544 e. The molecule has 0 aromatic rings. The predicted octanol–water partition coefficient (Wildman–Crippen LogP) is 13.5. The number of quaternary nitrogens is 1. The van der Waals surface area contributed by atoms with E-state index in [9.17, 15) is 19.5 Å². The molecule has 0 aliphatic rings. The van der Waals surface area contributed by atoms with Crippen molar-refractivity contribution in [1.82, 2.24) is 0 Å². The number of hydrogen-bond donors (Lipinski definition) is 0. The third-order valence-corrected chi connectivity index (χ3v) is 11.0. The van der Waals surface area contributed by atoms with Crippen molar-refractivity contribution in [2.45, 2.75) is 212 Å². The third-order valence-electron chi connectivity index (χ3n) is 11.0. The quantitative estimate of drug-likeness (QED) is 0.0260. The van der Waals surface area contributed by atoms with E-state index in [1.807, 2.05) is 0 Å². The summed E-state index contributed by atoms with van der Waals surface area (Å²) in [6.45, 7) is 4.49. The zero-order valence-electron chi connectivity index (χ0n) is 41.7. The number of allylic oxidation sites excluding steroid dienone is 14. The number of esters is 2. The van der Waals surface area contributed by atoms with Crippen molar-refractivity contribution in [3.05, 3.63) is 85.1 Å². The van der Waals surface area contributed by atoms with Crippen molar-refractivity contribution in [2.24, 2.45) is 0 Å². The van der Waals surface area contributed by atoms with Crippen LogP contribution in [0.4, 0.5) is 0 Å². The number of ether oxygens (including phenoxy) is 3. The molecule has 0 spiro atoms. The molecule has 8 heteroatoms. The molecule has 0 bridgehead atoms. The topological polar surface area (TPSA) is 102 Å². The minimum Gasteiger partial charge on any atom is -0.544 e.